The number of aromatic amines is 1. The van der Waals surface area contributed by atoms with Gasteiger partial charge in [0.25, 0.3) is 5.69 Å². The number of nitrogens with zero attached hydrogens (tertiary/aromatic N) is 3. The smallest absolute Gasteiger partial charge is 0.258 e. The predicted octanol–water partition coefficient (Wildman–Crippen LogP) is 3.44. The maximum atomic E-state index is 11.2. The third-order valence-electron chi connectivity index (χ3n) is 3.31. The monoisotopic (exact) mass is 292 g/mol. The van der Waals surface area contributed by atoms with Gasteiger partial charge >= 0.3 is 0 Å². The van der Waals surface area contributed by atoms with E-state index in [9.17, 15) is 10.1 Å². The first-order valence-corrected chi connectivity index (χ1v) is 6.57. The second-order valence-electron chi connectivity index (χ2n) is 4.64. The number of para-hydroxylation sites is 1. The van der Waals surface area contributed by atoms with E-state index in [2.05, 4.69) is 22.0 Å². The second kappa shape index (κ2) is 5.61. The van der Waals surface area contributed by atoms with Crippen molar-refractivity contribution in [2.24, 2.45) is 0 Å². The molecule has 3 rings (SSSR count). The highest BCUT2D eigenvalue weighted by Gasteiger charge is 2.21. The third kappa shape index (κ3) is 2.37. The summed E-state index contributed by atoms with van der Waals surface area (Å²) in [6.45, 7) is 4.04. The first-order chi connectivity index (χ1) is 10.7. The van der Waals surface area contributed by atoms with Crippen LogP contribution in [-0.2, 0) is 0 Å². The molecule has 0 saturated heterocycles. The SMILES string of the molecule is C=C(c1ccccc1)c1n[nH]nc1-c1ccccc1[N+](=O)[O-]. The highest BCUT2D eigenvalue weighted by molar-refractivity contribution is 5.86. The van der Waals surface area contributed by atoms with Crippen molar-refractivity contribution < 1.29 is 4.92 Å². The van der Waals surface area contributed by atoms with Crippen LogP contribution >= 0.6 is 0 Å². The number of nitrogens with one attached hydrogen (secondary N) is 1. The van der Waals surface area contributed by atoms with Gasteiger partial charge in [-0.2, -0.15) is 15.4 Å². The molecule has 0 saturated carbocycles. The Balaban J connectivity index is 2.11. The van der Waals surface area contributed by atoms with Gasteiger partial charge in [-0.1, -0.05) is 49.0 Å². The summed E-state index contributed by atoms with van der Waals surface area (Å²) in [4.78, 5) is 10.8. The summed E-state index contributed by atoms with van der Waals surface area (Å²) in [6, 6.07) is 15.9. The summed E-state index contributed by atoms with van der Waals surface area (Å²) in [5, 5.41) is 21.9. The molecule has 0 atom stereocenters. The van der Waals surface area contributed by atoms with Crippen molar-refractivity contribution in [1.29, 1.82) is 0 Å². The van der Waals surface area contributed by atoms with Gasteiger partial charge in [-0.05, 0) is 11.6 Å². The first kappa shape index (κ1) is 13.7. The Hall–Kier alpha value is -3.28. The Morgan fingerprint density at radius 2 is 1.73 bits per heavy atom. The summed E-state index contributed by atoms with van der Waals surface area (Å²) in [6.07, 6.45) is 0. The van der Waals surface area contributed by atoms with Crippen LogP contribution < -0.4 is 0 Å². The van der Waals surface area contributed by atoms with Gasteiger partial charge in [0.2, 0.25) is 0 Å². The van der Waals surface area contributed by atoms with Crippen molar-refractivity contribution in [3.63, 3.8) is 0 Å². The van der Waals surface area contributed by atoms with Crippen molar-refractivity contribution in [3.05, 3.63) is 82.5 Å². The van der Waals surface area contributed by atoms with E-state index in [1.54, 1.807) is 18.2 Å². The van der Waals surface area contributed by atoms with Gasteiger partial charge in [0.05, 0.1) is 10.5 Å². The average Bonchev–Trinajstić information content (AvgIpc) is 3.04. The van der Waals surface area contributed by atoms with E-state index in [1.165, 1.54) is 6.07 Å². The van der Waals surface area contributed by atoms with E-state index in [0.29, 0.717) is 22.5 Å². The van der Waals surface area contributed by atoms with Crippen LogP contribution in [0.25, 0.3) is 16.8 Å². The van der Waals surface area contributed by atoms with Gasteiger partial charge < -0.3 is 0 Å². The molecule has 0 aliphatic heterocycles. The van der Waals surface area contributed by atoms with Crippen LogP contribution in [0.1, 0.15) is 11.3 Å². The van der Waals surface area contributed by atoms with Crippen molar-refractivity contribution in [1.82, 2.24) is 15.4 Å². The largest absolute Gasteiger partial charge is 0.278 e. The lowest BCUT2D eigenvalue weighted by molar-refractivity contribution is -0.384. The van der Waals surface area contributed by atoms with Gasteiger partial charge in [-0.3, -0.25) is 10.1 Å². The van der Waals surface area contributed by atoms with Gasteiger partial charge in [-0.15, -0.1) is 0 Å². The molecule has 0 bridgehead atoms. The van der Waals surface area contributed by atoms with E-state index in [1.807, 2.05) is 30.3 Å². The highest BCUT2D eigenvalue weighted by atomic mass is 16.6. The Kier molecular flexibility index (Phi) is 3.49. The zero-order chi connectivity index (χ0) is 15.5. The van der Waals surface area contributed by atoms with Crippen LogP contribution in [0.5, 0.6) is 0 Å². The van der Waals surface area contributed by atoms with Crippen molar-refractivity contribution >= 4 is 11.3 Å². The number of nitro benzene ring substituents is 1. The molecule has 0 amide bonds. The number of rotatable bonds is 4. The number of aromatic nitrogens is 3. The fourth-order valence-corrected chi connectivity index (χ4v) is 2.24. The number of H-pyrrole nitrogens is 1. The van der Waals surface area contributed by atoms with Crippen LogP contribution in [0.2, 0.25) is 0 Å². The van der Waals surface area contributed by atoms with E-state index in [-0.39, 0.29) is 5.69 Å². The minimum atomic E-state index is -0.431. The van der Waals surface area contributed by atoms with Crippen molar-refractivity contribution in [2.45, 2.75) is 0 Å². The lowest BCUT2D eigenvalue weighted by Gasteiger charge is -2.05. The minimum Gasteiger partial charge on any atom is -0.258 e. The molecule has 3 aromatic rings. The van der Waals surface area contributed by atoms with Gasteiger partial charge in [0, 0.05) is 11.6 Å². The molecular weight excluding hydrogens is 280 g/mol. The normalized spacial score (nSPS) is 10.4. The summed E-state index contributed by atoms with van der Waals surface area (Å²) in [5.41, 5.74) is 2.85. The molecule has 1 N–H and O–H groups in total. The maximum absolute atomic E-state index is 11.2. The zero-order valence-corrected chi connectivity index (χ0v) is 11.6. The molecule has 0 aliphatic rings. The molecule has 108 valence electrons. The predicted molar refractivity (Wildman–Crippen MR) is 83.1 cm³/mol. The highest BCUT2D eigenvalue weighted by Crippen LogP contribution is 2.33. The molecule has 0 radical (unpaired) electrons. The maximum Gasteiger partial charge on any atom is 0.278 e. The number of hydrogen-bond donors (Lipinski definition) is 1. The van der Waals surface area contributed by atoms with Crippen molar-refractivity contribution in [3.8, 4) is 11.3 Å². The molecular formula is C16H12N4O2. The molecule has 0 spiro atoms. The van der Waals surface area contributed by atoms with Crippen molar-refractivity contribution in [2.75, 3.05) is 0 Å². The molecule has 1 heterocycles. The summed E-state index contributed by atoms with van der Waals surface area (Å²) >= 11 is 0. The molecule has 22 heavy (non-hydrogen) atoms. The van der Waals surface area contributed by atoms with Crippen LogP contribution in [0.15, 0.2) is 61.2 Å². The summed E-state index contributed by atoms with van der Waals surface area (Å²) in [7, 11) is 0. The van der Waals surface area contributed by atoms with E-state index in [4.69, 9.17) is 0 Å². The quantitative estimate of drug-likeness (QED) is 0.589. The van der Waals surface area contributed by atoms with Crippen LogP contribution in [-0.4, -0.2) is 20.3 Å². The van der Waals surface area contributed by atoms with Crippen LogP contribution in [0.3, 0.4) is 0 Å². The Bertz CT molecular complexity index is 840. The molecule has 6 heteroatoms. The lowest BCUT2D eigenvalue weighted by Crippen LogP contribution is -1.95. The molecule has 1 aromatic heterocycles. The van der Waals surface area contributed by atoms with E-state index >= 15 is 0 Å². The Morgan fingerprint density at radius 3 is 2.45 bits per heavy atom. The fourth-order valence-electron chi connectivity index (χ4n) is 2.24. The van der Waals surface area contributed by atoms with E-state index in [0.717, 1.165) is 5.56 Å². The standard InChI is InChI=1S/C16H12N4O2/c1-11(12-7-3-2-4-8-12)15-16(18-19-17-15)13-9-5-6-10-14(13)20(21)22/h2-10H,1H2,(H,17,18,19). The molecule has 0 unspecified atom stereocenters. The van der Waals surface area contributed by atoms with Gasteiger partial charge in [-0.25, -0.2) is 0 Å². The van der Waals surface area contributed by atoms with Crippen LogP contribution in [0, 0.1) is 10.1 Å². The molecule has 2 aromatic carbocycles. The topological polar surface area (TPSA) is 84.7 Å². The molecule has 0 aliphatic carbocycles. The number of benzene rings is 2. The average molecular weight is 292 g/mol. The fraction of sp³-hybridized carbons (Fsp3) is 0. The summed E-state index contributed by atoms with van der Waals surface area (Å²) in [5.74, 6) is 0. The number of nitro groups is 1. The summed E-state index contributed by atoms with van der Waals surface area (Å²) < 4.78 is 0. The Morgan fingerprint density at radius 1 is 1.05 bits per heavy atom. The third-order valence-corrected chi connectivity index (χ3v) is 3.31. The molecule has 6 nitrogen and oxygen atoms in total. The minimum absolute atomic E-state index is 0.0153. The number of hydrogen-bond acceptors (Lipinski definition) is 4. The Labute approximate surface area is 126 Å². The van der Waals surface area contributed by atoms with Gasteiger partial charge in [0.15, 0.2) is 0 Å². The lowest BCUT2D eigenvalue weighted by atomic mass is 9.99. The second-order valence-corrected chi connectivity index (χ2v) is 4.64. The molecule has 0 fully saturated rings. The van der Waals surface area contributed by atoms with Gasteiger partial charge in [0.1, 0.15) is 11.4 Å². The zero-order valence-electron chi connectivity index (χ0n) is 11.6. The van der Waals surface area contributed by atoms with Crippen LogP contribution in [0.4, 0.5) is 5.69 Å². The first-order valence-electron chi connectivity index (χ1n) is 6.57. The van der Waals surface area contributed by atoms with E-state index < -0.39 is 4.92 Å².